The Morgan fingerprint density at radius 1 is 1.14 bits per heavy atom. The Hall–Kier alpha value is -2.93. The van der Waals surface area contributed by atoms with Crippen LogP contribution in [0, 0.1) is 12.8 Å². The molecule has 0 aromatic heterocycles. The number of carbonyl (C=O) groups is 2. The molecular weight excluding hydrogens is 484 g/mol. The van der Waals surface area contributed by atoms with Gasteiger partial charge in [-0.25, -0.2) is 8.78 Å². The zero-order chi connectivity index (χ0) is 26.0. The van der Waals surface area contributed by atoms with Gasteiger partial charge >= 0.3 is 0 Å². The molecule has 0 spiro atoms. The van der Waals surface area contributed by atoms with Crippen LogP contribution in [0.5, 0.6) is 0 Å². The molecule has 2 amide bonds. The van der Waals surface area contributed by atoms with Crippen LogP contribution in [0.15, 0.2) is 36.4 Å². The average Bonchev–Trinajstić information content (AvgIpc) is 2.97. The van der Waals surface area contributed by atoms with Gasteiger partial charge in [0.05, 0.1) is 6.54 Å². The SMILES string of the molecule is CCC(F)(F)CNC(=O)c1cc2c(cc1C)=CCC(C)N(CC1CN(C(=O)c3ccc(Cl)cc3)C1)C=2. The van der Waals surface area contributed by atoms with Crippen LogP contribution in [0.1, 0.15) is 53.0 Å². The van der Waals surface area contributed by atoms with Gasteiger partial charge in [0.1, 0.15) is 0 Å². The lowest BCUT2D eigenvalue weighted by molar-refractivity contribution is -0.00103. The number of hydrogen-bond acceptors (Lipinski definition) is 3. The van der Waals surface area contributed by atoms with Crippen molar-refractivity contribution in [2.75, 3.05) is 26.2 Å². The number of hydrogen-bond donors (Lipinski definition) is 1. The summed E-state index contributed by atoms with van der Waals surface area (Å²) in [5, 5.41) is 4.91. The summed E-state index contributed by atoms with van der Waals surface area (Å²) in [6.07, 6.45) is 4.74. The van der Waals surface area contributed by atoms with E-state index in [9.17, 15) is 18.4 Å². The maximum Gasteiger partial charge on any atom is 0.264 e. The van der Waals surface area contributed by atoms with Crippen LogP contribution >= 0.6 is 11.6 Å². The molecule has 0 aliphatic carbocycles. The van der Waals surface area contributed by atoms with E-state index in [1.165, 1.54) is 6.92 Å². The molecule has 192 valence electrons. The number of alkyl halides is 2. The van der Waals surface area contributed by atoms with Gasteiger partial charge in [0.15, 0.2) is 0 Å². The number of carbonyl (C=O) groups excluding carboxylic acids is 2. The van der Waals surface area contributed by atoms with Crippen molar-refractivity contribution in [2.24, 2.45) is 5.92 Å². The topological polar surface area (TPSA) is 52.7 Å². The van der Waals surface area contributed by atoms with Crippen LogP contribution in [0.4, 0.5) is 8.78 Å². The maximum atomic E-state index is 13.6. The summed E-state index contributed by atoms with van der Waals surface area (Å²) in [6.45, 7) is 6.86. The standard InChI is InChI=1S/C28H32ClF2N3O2/c1-4-28(30,31)17-32-26(35)25-12-23-16-33(19(3)5-6-22(23)11-18(25)2)13-20-14-34(15-20)27(36)21-7-9-24(29)10-8-21/h6-12,16,19-20H,4-5,13-15,17H2,1-3H3,(H,32,35). The van der Waals surface area contributed by atoms with E-state index in [1.807, 2.05) is 17.9 Å². The van der Waals surface area contributed by atoms with Crippen LogP contribution in [0.2, 0.25) is 5.02 Å². The van der Waals surface area contributed by atoms with E-state index >= 15 is 0 Å². The number of halogens is 3. The molecule has 2 aliphatic heterocycles. The molecule has 0 bridgehead atoms. The van der Waals surface area contributed by atoms with Gasteiger partial charge in [-0.3, -0.25) is 9.59 Å². The Labute approximate surface area is 215 Å². The predicted molar refractivity (Wildman–Crippen MR) is 139 cm³/mol. The molecule has 1 fully saturated rings. The molecule has 2 heterocycles. The average molecular weight is 516 g/mol. The molecule has 1 saturated heterocycles. The minimum Gasteiger partial charge on any atom is -0.373 e. The summed E-state index contributed by atoms with van der Waals surface area (Å²) in [4.78, 5) is 29.5. The largest absolute Gasteiger partial charge is 0.373 e. The number of fused-ring (bicyclic) bond motifs is 1. The minimum absolute atomic E-state index is 0.00858. The first-order chi connectivity index (χ1) is 17.1. The third-order valence-corrected chi connectivity index (χ3v) is 7.31. The first kappa shape index (κ1) is 26.1. The summed E-state index contributed by atoms with van der Waals surface area (Å²) < 4.78 is 27.3. The van der Waals surface area contributed by atoms with Crippen LogP contribution in [0.3, 0.4) is 0 Å². The number of amides is 2. The molecule has 8 heteroatoms. The highest BCUT2D eigenvalue weighted by atomic mass is 35.5. The third-order valence-electron chi connectivity index (χ3n) is 7.05. The minimum atomic E-state index is -2.92. The van der Waals surface area contributed by atoms with Crippen molar-refractivity contribution < 1.29 is 18.4 Å². The van der Waals surface area contributed by atoms with Crippen LogP contribution in [-0.2, 0) is 0 Å². The van der Waals surface area contributed by atoms with E-state index in [0.717, 1.165) is 29.0 Å². The monoisotopic (exact) mass is 515 g/mol. The van der Waals surface area contributed by atoms with Gasteiger partial charge in [-0.2, -0.15) is 0 Å². The first-order valence-corrected chi connectivity index (χ1v) is 12.7. The van der Waals surface area contributed by atoms with E-state index in [2.05, 4.69) is 29.4 Å². The van der Waals surface area contributed by atoms with E-state index in [-0.39, 0.29) is 18.4 Å². The van der Waals surface area contributed by atoms with Gasteiger partial charge in [0, 0.05) is 60.4 Å². The molecule has 1 N–H and O–H groups in total. The molecule has 1 unspecified atom stereocenters. The smallest absolute Gasteiger partial charge is 0.264 e. The fourth-order valence-corrected chi connectivity index (χ4v) is 4.73. The van der Waals surface area contributed by atoms with Crippen molar-refractivity contribution in [1.29, 1.82) is 0 Å². The molecule has 4 rings (SSSR count). The van der Waals surface area contributed by atoms with E-state index in [1.54, 1.807) is 30.3 Å². The lowest BCUT2D eigenvalue weighted by Gasteiger charge is -2.42. The summed E-state index contributed by atoms with van der Waals surface area (Å²) in [5.41, 5.74) is 1.80. The quantitative estimate of drug-likeness (QED) is 0.610. The lowest BCUT2D eigenvalue weighted by atomic mass is 9.97. The van der Waals surface area contributed by atoms with Crippen LogP contribution in [-0.4, -0.2) is 59.8 Å². The molecule has 2 aliphatic rings. The summed E-state index contributed by atoms with van der Waals surface area (Å²) in [6, 6.07) is 10.9. The second-order valence-corrected chi connectivity index (χ2v) is 10.3. The fourth-order valence-electron chi connectivity index (χ4n) is 4.61. The highest BCUT2D eigenvalue weighted by Crippen LogP contribution is 2.23. The van der Waals surface area contributed by atoms with Crippen molar-refractivity contribution in [3.05, 3.63) is 68.5 Å². The number of benzene rings is 2. The van der Waals surface area contributed by atoms with Gasteiger partial charge in [-0.1, -0.05) is 30.7 Å². The van der Waals surface area contributed by atoms with E-state index in [0.29, 0.717) is 35.2 Å². The van der Waals surface area contributed by atoms with Gasteiger partial charge in [-0.15, -0.1) is 0 Å². The fraction of sp³-hybridized carbons (Fsp3) is 0.429. The molecule has 0 saturated carbocycles. The molecule has 0 radical (unpaired) electrons. The Balaban J connectivity index is 1.46. The summed E-state index contributed by atoms with van der Waals surface area (Å²) >= 11 is 5.92. The highest BCUT2D eigenvalue weighted by Gasteiger charge is 2.33. The Kier molecular flexibility index (Phi) is 7.69. The molecule has 2 aromatic carbocycles. The Bertz CT molecular complexity index is 1260. The normalized spacial score (nSPS) is 17.9. The number of aryl methyl sites for hydroxylation is 1. The van der Waals surface area contributed by atoms with Gasteiger partial charge in [-0.05, 0) is 66.6 Å². The molecule has 36 heavy (non-hydrogen) atoms. The number of nitrogens with zero attached hydrogens (tertiary/aromatic N) is 2. The molecule has 5 nitrogen and oxygen atoms in total. The summed E-state index contributed by atoms with van der Waals surface area (Å²) in [7, 11) is 0. The zero-order valence-corrected chi connectivity index (χ0v) is 21.6. The summed E-state index contributed by atoms with van der Waals surface area (Å²) in [5.74, 6) is -3.07. The zero-order valence-electron chi connectivity index (χ0n) is 20.9. The van der Waals surface area contributed by atoms with Crippen molar-refractivity contribution in [2.45, 2.75) is 45.6 Å². The lowest BCUT2D eigenvalue weighted by Crippen LogP contribution is -2.54. The Morgan fingerprint density at radius 3 is 2.50 bits per heavy atom. The predicted octanol–water partition coefficient (Wildman–Crippen LogP) is 3.81. The van der Waals surface area contributed by atoms with Crippen molar-refractivity contribution in [1.82, 2.24) is 15.1 Å². The van der Waals surface area contributed by atoms with Crippen molar-refractivity contribution in [3.8, 4) is 0 Å². The molecule has 1 atom stereocenters. The third kappa shape index (κ3) is 5.89. The van der Waals surface area contributed by atoms with Crippen molar-refractivity contribution >= 4 is 35.7 Å². The Morgan fingerprint density at radius 2 is 1.83 bits per heavy atom. The van der Waals surface area contributed by atoms with Crippen LogP contribution < -0.4 is 15.8 Å². The van der Waals surface area contributed by atoms with Gasteiger partial charge in [0.25, 0.3) is 17.7 Å². The number of likely N-dealkylation sites (tertiary alicyclic amines) is 1. The first-order valence-electron chi connectivity index (χ1n) is 12.4. The van der Waals surface area contributed by atoms with E-state index < -0.39 is 18.4 Å². The maximum absolute atomic E-state index is 13.6. The van der Waals surface area contributed by atoms with E-state index in [4.69, 9.17) is 11.6 Å². The van der Waals surface area contributed by atoms with Gasteiger partial charge < -0.3 is 15.1 Å². The number of nitrogens with one attached hydrogen (secondary N) is 1. The highest BCUT2D eigenvalue weighted by molar-refractivity contribution is 6.30. The molecule has 2 aromatic rings. The molecular formula is C28H32ClF2N3O2. The number of rotatable bonds is 7. The van der Waals surface area contributed by atoms with Gasteiger partial charge in [0.2, 0.25) is 0 Å². The second-order valence-electron chi connectivity index (χ2n) is 9.89. The van der Waals surface area contributed by atoms with Crippen LogP contribution in [0.25, 0.3) is 12.3 Å². The van der Waals surface area contributed by atoms with Crippen molar-refractivity contribution in [3.63, 3.8) is 0 Å². The second kappa shape index (κ2) is 10.6.